The van der Waals surface area contributed by atoms with Crippen molar-refractivity contribution in [2.45, 2.75) is 42.1 Å². The molecular formula is C21H22N6O4S2. The fraction of sp³-hybridized carbons (Fsp3) is 0.333. The van der Waals surface area contributed by atoms with Crippen molar-refractivity contribution in [2.75, 3.05) is 13.1 Å². The van der Waals surface area contributed by atoms with Gasteiger partial charge in [0.05, 0.1) is 16.9 Å². The van der Waals surface area contributed by atoms with Crippen LogP contribution in [0, 0.1) is 0 Å². The Labute approximate surface area is 195 Å². The first kappa shape index (κ1) is 21.9. The fourth-order valence-corrected chi connectivity index (χ4v) is 6.11. The third-order valence-corrected chi connectivity index (χ3v) is 8.20. The summed E-state index contributed by atoms with van der Waals surface area (Å²) < 4.78 is 40.4. The Kier molecular flexibility index (Phi) is 6.04. The van der Waals surface area contributed by atoms with Crippen LogP contribution in [-0.4, -0.2) is 50.8 Å². The lowest BCUT2D eigenvalue weighted by molar-refractivity contribution is 0.477. The topological polar surface area (TPSA) is 120 Å². The van der Waals surface area contributed by atoms with Crippen molar-refractivity contribution in [1.82, 2.24) is 29.3 Å². The van der Waals surface area contributed by atoms with Gasteiger partial charge in [-0.2, -0.15) is 4.31 Å². The average molecular weight is 487 g/mol. The standard InChI is InChI=1S/C21H22N6O4S2/c1-2-27-19(15-7-5-8-16(13-15)33(28,29)26-10-3-4-11-26)23-25-21(27)32-14-18-22-24-20(31-18)17-9-6-12-30-17/h5-9,12-13H,2-4,10-11,14H2,1H3. The minimum atomic E-state index is -3.51. The van der Waals surface area contributed by atoms with Crippen LogP contribution in [0.3, 0.4) is 0 Å². The van der Waals surface area contributed by atoms with E-state index in [9.17, 15) is 8.42 Å². The molecule has 10 nitrogen and oxygen atoms in total. The molecule has 4 heterocycles. The molecule has 0 atom stereocenters. The van der Waals surface area contributed by atoms with E-state index in [1.165, 1.54) is 11.8 Å². The highest BCUT2D eigenvalue weighted by atomic mass is 32.2. The lowest BCUT2D eigenvalue weighted by Gasteiger charge is -2.16. The van der Waals surface area contributed by atoms with E-state index in [-0.39, 0.29) is 4.90 Å². The lowest BCUT2D eigenvalue weighted by atomic mass is 10.2. The highest BCUT2D eigenvalue weighted by molar-refractivity contribution is 7.98. The maximum atomic E-state index is 13.0. The van der Waals surface area contributed by atoms with Crippen LogP contribution >= 0.6 is 11.8 Å². The molecule has 1 aliphatic heterocycles. The van der Waals surface area contributed by atoms with Gasteiger partial charge in [0.2, 0.25) is 15.9 Å². The van der Waals surface area contributed by atoms with Crippen LogP contribution in [0.2, 0.25) is 0 Å². The van der Waals surface area contributed by atoms with Gasteiger partial charge in [-0.1, -0.05) is 23.9 Å². The van der Waals surface area contributed by atoms with E-state index in [0.29, 0.717) is 59.5 Å². The van der Waals surface area contributed by atoms with Crippen LogP contribution in [-0.2, 0) is 22.3 Å². The van der Waals surface area contributed by atoms with Crippen LogP contribution in [0.5, 0.6) is 0 Å². The first-order valence-electron chi connectivity index (χ1n) is 10.6. The smallest absolute Gasteiger partial charge is 0.283 e. The zero-order valence-electron chi connectivity index (χ0n) is 17.9. The van der Waals surface area contributed by atoms with Crippen molar-refractivity contribution in [3.63, 3.8) is 0 Å². The van der Waals surface area contributed by atoms with Gasteiger partial charge >= 0.3 is 0 Å². The van der Waals surface area contributed by atoms with E-state index < -0.39 is 10.0 Å². The van der Waals surface area contributed by atoms with E-state index in [1.54, 1.807) is 40.9 Å². The maximum absolute atomic E-state index is 13.0. The van der Waals surface area contributed by atoms with Crippen molar-refractivity contribution >= 4 is 21.8 Å². The number of sulfonamides is 1. The Morgan fingerprint density at radius 2 is 1.91 bits per heavy atom. The summed E-state index contributed by atoms with van der Waals surface area (Å²) in [5.74, 6) is 2.30. The third-order valence-electron chi connectivity index (χ3n) is 5.35. The molecule has 172 valence electrons. The number of benzene rings is 1. The second-order valence-corrected chi connectivity index (χ2v) is 10.3. The Bertz CT molecular complexity index is 1340. The molecule has 5 rings (SSSR count). The van der Waals surface area contributed by atoms with E-state index in [1.807, 2.05) is 17.6 Å². The molecule has 12 heteroatoms. The van der Waals surface area contributed by atoms with E-state index >= 15 is 0 Å². The van der Waals surface area contributed by atoms with Crippen molar-refractivity contribution in [2.24, 2.45) is 0 Å². The van der Waals surface area contributed by atoms with Crippen LogP contribution in [0.25, 0.3) is 23.0 Å². The summed E-state index contributed by atoms with van der Waals surface area (Å²) in [7, 11) is -3.51. The molecule has 3 aromatic heterocycles. The predicted molar refractivity (Wildman–Crippen MR) is 121 cm³/mol. The molecule has 0 aliphatic carbocycles. The van der Waals surface area contributed by atoms with E-state index in [0.717, 1.165) is 12.8 Å². The van der Waals surface area contributed by atoms with Crippen LogP contribution < -0.4 is 0 Å². The Hall–Kier alpha value is -2.96. The quantitative estimate of drug-likeness (QED) is 0.343. The van der Waals surface area contributed by atoms with Crippen molar-refractivity contribution in [3.8, 4) is 23.0 Å². The minimum Gasteiger partial charge on any atom is -0.459 e. The highest BCUT2D eigenvalue weighted by Gasteiger charge is 2.27. The molecule has 1 aromatic carbocycles. The fourth-order valence-electron chi connectivity index (χ4n) is 3.71. The summed E-state index contributed by atoms with van der Waals surface area (Å²) >= 11 is 1.42. The number of aromatic nitrogens is 5. The summed E-state index contributed by atoms with van der Waals surface area (Å²) in [5, 5.41) is 17.4. The number of nitrogens with zero attached hydrogens (tertiary/aromatic N) is 6. The van der Waals surface area contributed by atoms with Gasteiger partial charge in [0, 0.05) is 25.2 Å². The largest absolute Gasteiger partial charge is 0.459 e. The Balaban J connectivity index is 1.36. The first-order chi connectivity index (χ1) is 16.1. The highest BCUT2D eigenvalue weighted by Crippen LogP contribution is 2.29. The summed E-state index contributed by atoms with van der Waals surface area (Å²) in [6, 6.07) is 10.4. The van der Waals surface area contributed by atoms with Crippen LogP contribution in [0.1, 0.15) is 25.7 Å². The first-order valence-corrected chi connectivity index (χ1v) is 13.0. The third kappa shape index (κ3) is 4.33. The number of hydrogen-bond acceptors (Lipinski definition) is 9. The van der Waals surface area contributed by atoms with Gasteiger partial charge in [0.1, 0.15) is 0 Å². The predicted octanol–water partition coefficient (Wildman–Crippen LogP) is 3.68. The summed E-state index contributed by atoms with van der Waals surface area (Å²) in [4.78, 5) is 0.276. The molecule has 1 aliphatic rings. The second kappa shape index (κ2) is 9.12. The molecule has 0 radical (unpaired) electrons. The molecule has 1 fully saturated rings. The van der Waals surface area contributed by atoms with Crippen molar-refractivity contribution in [3.05, 3.63) is 48.6 Å². The minimum absolute atomic E-state index is 0.276. The second-order valence-electron chi connectivity index (χ2n) is 7.46. The molecule has 0 amide bonds. The summed E-state index contributed by atoms with van der Waals surface area (Å²) in [5.41, 5.74) is 0.703. The molecule has 4 aromatic rings. The van der Waals surface area contributed by atoms with Crippen LogP contribution in [0.15, 0.2) is 61.5 Å². The van der Waals surface area contributed by atoms with Gasteiger partial charge in [-0.15, -0.1) is 20.4 Å². The molecule has 0 saturated carbocycles. The maximum Gasteiger partial charge on any atom is 0.283 e. The lowest BCUT2D eigenvalue weighted by Crippen LogP contribution is -2.27. The molecular weight excluding hydrogens is 464 g/mol. The van der Waals surface area contributed by atoms with Gasteiger partial charge in [-0.25, -0.2) is 8.42 Å². The van der Waals surface area contributed by atoms with E-state index in [4.69, 9.17) is 8.83 Å². The number of furan rings is 1. The van der Waals surface area contributed by atoms with Gasteiger partial charge in [-0.3, -0.25) is 0 Å². The number of thioether (sulfide) groups is 1. The monoisotopic (exact) mass is 486 g/mol. The van der Waals surface area contributed by atoms with Crippen molar-refractivity contribution in [1.29, 1.82) is 0 Å². The SMILES string of the molecule is CCn1c(SCc2nnc(-c3ccco3)o2)nnc1-c1cccc(S(=O)(=O)N2CCCC2)c1. The zero-order chi connectivity index (χ0) is 22.8. The number of rotatable bonds is 8. The Morgan fingerprint density at radius 3 is 2.67 bits per heavy atom. The summed E-state index contributed by atoms with van der Waals surface area (Å²) in [6.45, 7) is 3.74. The molecule has 33 heavy (non-hydrogen) atoms. The van der Waals surface area contributed by atoms with Crippen LogP contribution in [0.4, 0.5) is 0 Å². The number of hydrogen-bond donors (Lipinski definition) is 0. The summed E-state index contributed by atoms with van der Waals surface area (Å²) in [6.07, 6.45) is 3.34. The molecule has 1 saturated heterocycles. The molecule has 0 N–H and O–H groups in total. The average Bonchev–Trinajstić information content (AvgIpc) is 3.64. The van der Waals surface area contributed by atoms with Gasteiger partial charge in [0.25, 0.3) is 5.89 Å². The van der Waals surface area contributed by atoms with Gasteiger partial charge in [0.15, 0.2) is 16.7 Å². The van der Waals surface area contributed by atoms with Gasteiger partial charge in [-0.05, 0) is 44.0 Å². The zero-order valence-corrected chi connectivity index (χ0v) is 19.5. The van der Waals surface area contributed by atoms with Gasteiger partial charge < -0.3 is 13.4 Å². The molecule has 0 spiro atoms. The molecule has 0 bridgehead atoms. The van der Waals surface area contributed by atoms with E-state index in [2.05, 4.69) is 20.4 Å². The van der Waals surface area contributed by atoms with Crippen molar-refractivity contribution < 1.29 is 17.3 Å². The Morgan fingerprint density at radius 1 is 1.06 bits per heavy atom. The normalized spacial score (nSPS) is 14.8. The molecule has 0 unspecified atom stereocenters.